The van der Waals surface area contributed by atoms with Crippen molar-refractivity contribution in [1.29, 1.82) is 5.26 Å². The zero-order valence-electron chi connectivity index (χ0n) is 10.8. The number of nitriles is 1. The fourth-order valence-corrected chi connectivity index (χ4v) is 1.83. The minimum Gasteiger partial charge on any atom is -0.396 e. The summed E-state index contributed by atoms with van der Waals surface area (Å²) < 4.78 is 1.91. The van der Waals surface area contributed by atoms with E-state index in [4.69, 9.17) is 10.4 Å². The van der Waals surface area contributed by atoms with E-state index in [1.165, 1.54) is 5.56 Å². The van der Waals surface area contributed by atoms with Crippen molar-refractivity contribution in [3.8, 4) is 6.07 Å². The van der Waals surface area contributed by atoms with Gasteiger partial charge >= 0.3 is 0 Å². The molecule has 0 aliphatic carbocycles. The lowest BCUT2D eigenvalue weighted by Crippen LogP contribution is -2.25. The Morgan fingerprint density at radius 2 is 2.29 bits per heavy atom. The Hall–Kier alpha value is -1.31. The van der Waals surface area contributed by atoms with Gasteiger partial charge in [0.15, 0.2) is 0 Å². The predicted molar refractivity (Wildman–Crippen MR) is 67.5 cm³/mol. The van der Waals surface area contributed by atoms with E-state index in [1.807, 2.05) is 24.6 Å². The van der Waals surface area contributed by atoms with E-state index in [2.05, 4.69) is 18.3 Å². The van der Waals surface area contributed by atoms with Gasteiger partial charge < -0.3 is 15.0 Å². The second kappa shape index (κ2) is 6.43. The molecular weight excluding hydrogens is 214 g/mol. The number of nitrogens with one attached hydrogen (secondary N) is 1. The Morgan fingerprint density at radius 1 is 1.59 bits per heavy atom. The van der Waals surface area contributed by atoms with Crippen molar-refractivity contribution in [2.75, 3.05) is 6.61 Å². The summed E-state index contributed by atoms with van der Waals surface area (Å²) in [7, 11) is 1.91. The van der Waals surface area contributed by atoms with Crippen molar-refractivity contribution >= 4 is 0 Å². The van der Waals surface area contributed by atoms with Gasteiger partial charge in [0.1, 0.15) is 11.8 Å². The first kappa shape index (κ1) is 13.8. The van der Waals surface area contributed by atoms with Crippen LogP contribution < -0.4 is 5.32 Å². The first-order valence-corrected chi connectivity index (χ1v) is 5.99. The molecule has 94 valence electrons. The summed E-state index contributed by atoms with van der Waals surface area (Å²) in [4.78, 5) is 0. The largest absolute Gasteiger partial charge is 0.396 e. The number of hydrogen-bond donors (Lipinski definition) is 2. The van der Waals surface area contributed by atoms with Crippen LogP contribution in [0.25, 0.3) is 0 Å². The fraction of sp³-hybridized carbons (Fsp3) is 0.615. The average Bonchev–Trinajstić information content (AvgIpc) is 2.61. The predicted octanol–water partition coefficient (Wildman–Crippen LogP) is 1.46. The van der Waals surface area contributed by atoms with Gasteiger partial charge in [0, 0.05) is 31.9 Å². The van der Waals surface area contributed by atoms with E-state index in [9.17, 15) is 0 Å². The average molecular weight is 235 g/mol. The van der Waals surface area contributed by atoms with Crippen LogP contribution in [-0.2, 0) is 13.6 Å². The van der Waals surface area contributed by atoms with E-state index in [0.29, 0.717) is 11.7 Å². The molecule has 17 heavy (non-hydrogen) atoms. The maximum absolute atomic E-state index is 8.93. The fourth-order valence-electron chi connectivity index (χ4n) is 1.83. The minimum absolute atomic E-state index is 0.245. The molecule has 0 spiro atoms. The summed E-state index contributed by atoms with van der Waals surface area (Å²) in [5.74, 6) is 0. The van der Waals surface area contributed by atoms with Crippen LogP contribution in [0.4, 0.5) is 0 Å². The molecule has 0 aliphatic rings. The van der Waals surface area contributed by atoms with E-state index in [-0.39, 0.29) is 6.61 Å². The topological polar surface area (TPSA) is 61.0 Å². The molecule has 0 fully saturated rings. The molecule has 1 rings (SSSR count). The van der Waals surface area contributed by atoms with E-state index in [0.717, 1.165) is 25.1 Å². The Bertz CT molecular complexity index is 404. The molecule has 1 unspecified atom stereocenters. The molecule has 2 N–H and O–H groups in total. The molecule has 4 heteroatoms. The highest BCUT2D eigenvalue weighted by molar-refractivity contribution is 5.34. The molecule has 0 saturated heterocycles. The number of aliphatic hydroxyl groups excluding tert-OH is 1. The zero-order chi connectivity index (χ0) is 12.8. The summed E-state index contributed by atoms with van der Waals surface area (Å²) in [6.07, 6.45) is 1.79. The maximum atomic E-state index is 8.93. The van der Waals surface area contributed by atoms with Gasteiger partial charge in [-0.05, 0) is 38.3 Å². The number of hydrogen-bond acceptors (Lipinski definition) is 3. The van der Waals surface area contributed by atoms with Gasteiger partial charge in [-0.3, -0.25) is 0 Å². The molecular formula is C13H21N3O. The van der Waals surface area contributed by atoms with E-state index in [1.54, 1.807) is 0 Å². The SMILES string of the molecule is Cc1c(CNC(C)CCCO)cc(C#N)n1C. The summed E-state index contributed by atoms with van der Waals surface area (Å²) in [6.45, 7) is 5.15. The Kier molecular flexibility index (Phi) is 5.20. The Balaban J connectivity index is 2.55. The highest BCUT2D eigenvalue weighted by Crippen LogP contribution is 2.13. The lowest BCUT2D eigenvalue weighted by molar-refractivity contribution is 0.276. The highest BCUT2D eigenvalue weighted by atomic mass is 16.2. The Labute approximate surface area is 103 Å². The molecule has 1 aromatic rings. The third-order valence-corrected chi connectivity index (χ3v) is 3.19. The lowest BCUT2D eigenvalue weighted by atomic mass is 10.1. The van der Waals surface area contributed by atoms with Gasteiger partial charge in [0.25, 0.3) is 0 Å². The molecule has 0 amide bonds. The van der Waals surface area contributed by atoms with E-state index >= 15 is 0 Å². The standard InChI is InChI=1S/C13H21N3O/c1-10(5-4-6-17)15-9-12-7-13(8-14)16(3)11(12)2/h7,10,15,17H,4-6,9H2,1-3H3. The second-order valence-corrected chi connectivity index (χ2v) is 4.46. The van der Waals surface area contributed by atoms with Crippen molar-refractivity contribution < 1.29 is 5.11 Å². The number of rotatable bonds is 6. The maximum Gasteiger partial charge on any atom is 0.120 e. The number of nitrogens with zero attached hydrogens (tertiary/aromatic N) is 2. The van der Waals surface area contributed by atoms with Crippen molar-refractivity contribution in [3.05, 3.63) is 23.0 Å². The normalized spacial score (nSPS) is 12.4. The smallest absolute Gasteiger partial charge is 0.120 e. The van der Waals surface area contributed by atoms with Gasteiger partial charge in [-0.2, -0.15) is 5.26 Å². The molecule has 0 aliphatic heterocycles. The van der Waals surface area contributed by atoms with Gasteiger partial charge in [0.05, 0.1) is 0 Å². The lowest BCUT2D eigenvalue weighted by Gasteiger charge is -2.12. The molecule has 1 heterocycles. The Morgan fingerprint density at radius 3 is 2.82 bits per heavy atom. The molecule has 0 radical (unpaired) electrons. The molecule has 0 bridgehead atoms. The number of aliphatic hydroxyl groups is 1. The minimum atomic E-state index is 0.245. The van der Waals surface area contributed by atoms with Gasteiger partial charge in [0.2, 0.25) is 0 Å². The monoisotopic (exact) mass is 235 g/mol. The van der Waals surface area contributed by atoms with Crippen LogP contribution in [0.1, 0.15) is 36.7 Å². The summed E-state index contributed by atoms with van der Waals surface area (Å²) in [5.41, 5.74) is 2.99. The van der Waals surface area contributed by atoms with Crippen LogP contribution in [0, 0.1) is 18.3 Å². The van der Waals surface area contributed by atoms with Crippen LogP contribution in [0.3, 0.4) is 0 Å². The molecule has 1 aromatic heterocycles. The van der Waals surface area contributed by atoms with Crippen molar-refractivity contribution in [1.82, 2.24) is 9.88 Å². The van der Waals surface area contributed by atoms with Gasteiger partial charge in [-0.15, -0.1) is 0 Å². The summed E-state index contributed by atoms with van der Waals surface area (Å²) >= 11 is 0. The third kappa shape index (κ3) is 3.58. The first-order chi connectivity index (χ1) is 8.10. The molecule has 0 saturated carbocycles. The van der Waals surface area contributed by atoms with Crippen molar-refractivity contribution in [3.63, 3.8) is 0 Å². The quantitative estimate of drug-likeness (QED) is 0.784. The van der Waals surface area contributed by atoms with Crippen molar-refractivity contribution in [2.45, 2.75) is 39.3 Å². The third-order valence-electron chi connectivity index (χ3n) is 3.19. The zero-order valence-corrected chi connectivity index (χ0v) is 10.8. The van der Waals surface area contributed by atoms with Crippen LogP contribution >= 0.6 is 0 Å². The van der Waals surface area contributed by atoms with Gasteiger partial charge in [-0.25, -0.2) is 0 Å². The molecule has 1 atom stereocenters. The van der Waals surface area contributed by atoms with Crippen LogP contribution in [0.15, 0.2) is 6.07 Å². The number of aromatic nitrogens is 1. The molecule has 0 aromatic carbocycles. The van der Waals surface area contributed by atoms with Gasteiger partial charge in [-0.1, -0.05) is 0 Å². The second-order valence-electron chi connectivity index (χ2n) is 4.46. The van der Waals surface area contributed by atoms with Crippen LogP contribution in [0.5, 0.6) is 0 Å². The highest BCUT2D eigenvalue weighted by Gasteiger charge is 2.09. The summed E-state index contributed by atoms with van der Waals surface area (Å²) in [6, 6.07) is 4.49. The van der Waals surface area contributed by atoms with Crippen LogP contribution in [-0.4, -0.2) is 22.3 Å². The first-order valence-electron chi connectivity index (χ1n) is 5.99. The summed E-state index contributed by atoms with van der Waals surface area (Å²) in [5, 5.41) is 21.1. The van der Waals surface area contributed by atoms with Crippen molar-refractivity contribution in [2.24, 2.45) is 7.05 Å². The molecule has 4 nitrogen and oxygen atoms in total. The van der Waals surface area contributed by atoms with E-state index < -0.39 is 0 Å². The van der Waals surface area contributed by atoms with Crippen LogP contribution in [0.2, 0.25) is 0 Å².